The van der Waals surface area contributed by atoms with Gasteiger partial charge in [-0.05, 0) is 25.2 Å². The second-order valence-corrected chi connectivity index (χ2v) is 7.68. The van der Waals surface area contributed by atoms with Gasteiger partial charge in [0.2, 0.25) is 15.1 Å². The average Bonchev–Trinajstić information content (AvgIpc) is 2.80. The molecule has 1 aliphatic heterocycles. The van der Waals surface area contributed by atoms with E-state index in [1.54, 1.807) is 24.3 Å². The highest BCUT2D eigenvalue weighted by Gasteiger charge is 2.46. The number of carbonyl (C=O) groups is 1. The summed E-state index contributed by atoms with van der Waals surface area (Å²) in [7, 11) is -2.50. The van der Waals surface area contributed by atoms with Crippen molar-refractivity contribution in [2.45, 2.75) is 9.96 Å². The molecule has 2 aromatic carbocycles. The van der Waals surface area contributed by atoms with E-state index in [2.05, 4.69) is 4.72 Å². The van der Waals surface area contributed by atoms with Crippen LogP contribution in [-0.2, 0) is 19.8 Å². The number of halogens is 2. The topological polar surface area (TPSA) is 72.5 Å². The van der Waals surface area contributed by atoms with Crippen LogP contribution < -0.4 is 4.72 Å². The number of hydrogen-bond donors (Lipinski definition) is 1. The average molecular weight is 372 g/mol. The van der Waals surface area contributed by atoms with Gasteiger partial charge >= 0.3 is 5.97 Å². The third-order valence-corrected chi connectivity index (χ3v) is 5.98. The fourth-order valence-electron chi connectivity index (χ4n) is 2.41. The third kappa shape index (κ3) is 2.52. The molecule has 0 saturated carbocycles. The second kappa shape index (κ2) is 5.49. The van der Waals surface area contributed by atoms with Crippen LogP contribution >= 0.6 is 23.2 Å². The molecule has 2 aromatic rings. The van der Waals surface area contributed by atoms with Gasteiger partial charge < -0.3 is 4.74 Å². The van der Waals surface area contributed by atoms with Crippen LogP contribution in [0.25, 0.3) is 0 Å². The van der Waals surface area contributed by atoms with Crippen molar-refractivity contribution in [3.8, 4) is 0 Å². The summed E-state index contributed by atoms with van der Waals surface area (Å²) in [6.07, 6.45) is 0. The number of esters is 1. The number of carbonyl (C=O) groups excluding carboxylic acids is 1. The maximum absolute atomic E-state index is 12.1. The number of sulfonamides is 1. The minimum absolute atomic E-state index is 0.0426. The molecular weight excluding hydrogens is 361 g/mol. The fraction of sp³-hybridized carbons (Fsp3) is 0.133. The Bertz CT molecular complexity index is 913. The van der Waals surface area contributed by atoms with Crippen LogP contribution in [0.1, 0.15) is 21.5 Å². The highest BCUT2D eigenvalue weighted by molar-refractivity contribution is 7.89. The van der Waals surface area contributed by atoms with E-state index in [1.165, 1.54) is 25.2 Å². The van der Waals surface area contributed by atoms with Gasteiger partial charge in [-0.3, -0.25) is 0 Å². The van der Waals surface area contributed by atoms with Gasteiger partial charge in [-0.1, -0.05) is 47.5 Å². The Morgan fingerprint density at radius 2 is 1.87 bits per heavy atom. The van der Waals surface area contributed by atoms with Gasteiger partial charge in [-0.25, -0.2) is 17.9 Å². The summed E-state index contributed by atoms with van der Waals surface area (Å²) >= 11 is 12.5. The summed E-state index contributed by atoms with van der Waals surface area (Å²) in [5.41, 5.74) is 1.10. The largest absolute Gasteiger partial charge is 0.431 e. The molecule has 3 rings (SSSR count). The molecule has 1 atom stereocenters. The van der Waals surface area contributed by atoms with E-state index >= 15 is 0 Å². The number of cyclic esters (lactones) is 1. The van der Waals surface area contributed by atoms with E-state index in [4.69, 9.17) is 27.9 Å². The number of ether oxygens (including phenoxy) is 1. The van der Waals surface area contributed by atoms with Crippen molar-refractivity contribution in [3.05, 3.63) is 64.2 Å². The molecule has 0 spiro atoms. The molecule has 0 fully saturated rings. The zero-order valence-electron chi connectivity index (χ0n) is 11.8. The minimum Gasteiger partial charge on any atom is -0.431 e. The lowest BCUT2D eigenvalue weighted by molar-refractivity contribution is 0.0366. The number of rotatable bonds is 3. The van der Waals surface area contributed by atoms with Crippen LogP contribution in [0.3, 0.4) is 0 Å². The standard InChI is InChI=1S/C15H11Cl2NO4S/c1-18-23(20,21)13-8-9(6-7-12(13)16)15(17)11-5-3-2-4-10(11)14(19)22-15/h2-8,18H,1H3. The summed E-state index contributed by atoms with van der Waals surface area (Å²) in [5, 5.41) is -1.54. The van der Waals surface area contributed by atoms with Crippen molar-refractivity contribution in [2.75, 3.05) is 7.05 Å². The first-order valence-corrected chi connectivity index (χ1v) is 8.79. The van der Waals surface area contributed by atoms with Gasteiger partial charge in [-0.15, -0.1) is 0 Å². The molecule has 23 heavy (non-hydrogen) atoms. The molecule has 8 heteroatoms. The molecule has 5 nitrogen and oxygen atoms in total. The molecule has 120 valence electrons. The summed E-state index contributed by atoms with van der Waals surface area (Å²) in [5.74, 6) is -0.566. The Morgan fingerprint density at radius 1 is 1.17 bits per heavy atom. The van der Waals surface area contributed by atoms with Crippen LogP contribution in [0.15, 0.2) is 47.4 Å². The van der Waals surface area contributed by atoms with E-state index < -0.39 is 21.1 Å². The molecule has 0 bridgehead atoms. The molecule has 0 radical (unpaired) electrons. The number of benzene rings is 2. The predicted octanol–water partition coefficient (Wildman–Crippen LogP) is 2.86. The van der Waals surface area contributed by atoms with Crippen molar-refractivity contribution in [3.63, 3.8) is 0 Å². The SMILES string of the molecule is CNS(=O)(=O)c1cc(C2(Cl)OC(=O)c3ccccc32)ccc1Cl. The lowest BCUT2D eigenvalue weighted by Crippen LogP contribution is -2.23. The molecule has 0 amide bonds. The van der Waals surface area contributed by atoms with E-state index in [0.717, 1.165) is 0 Å². The molecule has 1 heterocycles. The van der Waals surface area contributed by atoms with Crippen LogP contribution in [0, 0.1) is 0 Å². The lowest BCUT2D eigenvalue weighted by Gasteiger charge is -2.22. The Kier molecular flexibility index (Phi) is 3.88. The van der Waals surface area contributed by atoms with Crippen molar-refractivity contribution >= 4 is 39.2 Å². The quantitative estimate of drug-likeness (QED) is 0.664. The Hall–Kier alpha value is -1.60. The maximum atomic E-state index is 12.1. The molecular formula is C15H11Cl2NO4S. The van der Waals surface area contributed by atoms with Gasteiger partial charge in [0.15, 0.2) is 0 Å². The molecule has 1 unspecified atom stereocenters. The summed E-state index contributed by atoms with van der Waals surface area (Å²) in [4.78, 5) is 11.9. The van der Waals surface area contributed by atoms with Crippen molar-refractivity contribution < 1.29 is 17.9 Å². The number of fused-ring (bicyclic) bond motifs is 1. The summed E-state index contributed by atoms with van der Waals surface area (Å²) < 4.78 is 31.6. The molecule has 1 aliphatic rings. The Labute approximate surface area is 143 Å². The first kappa shape index (κ1) is 16.3. The highest BCUT2D eigenvalue weighted by Crippen LogP contribution is 2.46. The van der Waals surface area contributed by atoms with E-state index in [0.29, 0.717) is 16.7 Å². The van der Waals surface area contributed by atoms with Crippen LogP contribution in [0.2, 0.25) is 5.02 Å². The number of nitrogens with one attached hydrogen (secondary N) is 1. The van der Waals surface area contributed by atoms with E-state index in [1.807, 2.05) is 0 Å². The molecule has 1 N–H and O–H groups in total. The predicted molar refractivity (Wildman–Crippen MR) is 86.2 cm³/mol. The van der Waals surface area contributed by atoms with Crippen LogP contribution in [0.5, 0.6) is 0 Å². The van der Waals surface area contributed by atoms with Gasteiger partial charge in [0.05, 0.1) is 10.6 Å². The molecule has 0 saturated heterocycles. The van der Waals surface area contributed by atoms with Gasteiger partial charge in [-0.2, -0.15) is 0 Å². The van der Waals surface area contributed by atoms with Crippen molar-refractivity contribution in [2.24, 2.45) is 0 Å². The van der Waals surface area contributed by atoms with E-state index in [-0.39, 0.29) is 9.92 Å². The zero-order valence-corrected chi connectivity index (χ0v) is 14.2. The molecule has 0 aliphatic carbocycles. The van der Waals surface area contributed by atoms with Crippen molar-refractivity contribution in [1.82, 2.24) is 4.72 Å². The zero-order chi connectivity index (χ0) is 16.8. The Morgan fingerprint density at radius 3 is 2.57 bits per heavy atom. The van der Waals surface area contributed by atoms with Gasteiger partial charge in [0, 0.05) is 11.1 Å². The summed E-state index contributed by atoms with van der Waals surface area (Å²) in [6.45, 7) is 0. The van der Waals surface area contributed by atoms with Gasteiger partial charge in [0.1, 0.15) is 4.90 Å². The van der Waals surface area contributed by atoms with Crippen LogP contribution in [-0.4, -0.2) is 21.4 Å². The first-order valence-electron chi connectivity index (χ1n) is 6.55. The highest BCUT2D eigenvalue weighted by atomic mass is 35.5. The van der Waals surface area contributed by atoms with Gasteiger partial charge in [0.25, 0.3) is 0 Å². The van der Waals surface area contributed by atoms with E-state index in [9.17, 15) is 13.2 Å². The minimum atomic E-state index is -3.78. The molecule has 0 aromatic heterocycles. The summed E-state index contributed by atoms with van der Waals surface area (Å²) in [6, 6.07) is 10.9. The van der Waals surface area contributed by atoms with Crippen molar-refractivity contribution in [1.29, 1.82) is 0 Å². The Balaban J connectivity index is 2.21. The first-order chi connectivity index (χ1) is 10.8. The maximum Gasteiger partial charge on any atom is 0.340 e. The van der Waals surface area contributed by atoms with Crippen LogP contribution in [0.4, 0.5) is 0 Å². The fourth-order valence-corrected chi connectivity index (χ4v) is 4.01. The monoisotopic (exact) mass is 371 g/mol. The lowest BCUT2D eigenvalue weighted by atomic mass is 9.99. The normalized spacial score (nSPS) is 20.2. The number of alkyl halides is 1. The third-order valence-electron chi connectivity index (χ3n) is 3.59. The second-order valence-electron chi connectivity index (χ2n) is 4.88. The number of hydrogen-bond acceptors (Lipinski definition) is 4. The smallest absolute Gasteiger partial charge is 0.340 e.